The van der Waals surface area contributed by atoms with E-state index in [-0.39, 0.29) is 17.9 Å². The van der Waals surface area contributed by atoms with Gasteiger partial charge in [0.1, 0.15) is 31.5 Å². The van der Waals surface area contributed by atoms with Gasteiger partial charge in [-0.25, -0.2) is 0 Å². The van der Waals surface area contributed by atoms with E-state index in [9.17, 15) is 33.6 Å². The van der Waals surface area contributed by atoms with Gasteiger partial charge in [0, 0.05) is 48.5 Å². The molecule has 0 amide bonds. The Kier molecular flexibility index (Phi) is 16.6. The Morgan fingerprint density at radius 2 is 1.11 bits per heavy atom. The number of ether oxygens (including phenoxy) is 11. The molecule has 4 aliphatic rings. The molecule has 0 radical (unpaired) electrons. The molecule has 1 aromatic rings. The molecule has 0 spiro atoms. The van der Waals surface area contributed by atoms with E-state index in [1.54, 1.807) is 0 Å². The third-order valence-electron chi connectivity index (χ3n) is 12.6. The van der Waals surface area contributed by atoms with Crippen LogP contribution in [0.5, 0.6) is 0 Å². The van der Waals surface area contributed by atoms with E-state index in [1.807, 2.05) is 0 Å². The van der Waals surface area contributed by atoms with Crippen molar-refractivity contribution < 1.29 is 85.7 Å². The Labute approximate surface area is 373 Å². The van der Waals surface area contributed by atoms with Gasteiger partial charge < -0.3 is 52.1 Å². The maximum atomic E-state index is 13.0. The molecular formula is C46H64O18. The fourth-order valence-corrected chi connectivity index (χ4v) is 10.1. The lowest BCUT2D eigenvalue weighted by Crippen LogP contribution is -2.67. The molecule has 13 atom stereocenters. The standard InChI is InChI=1S/C46H64O18/c1-23(2)31-13-15-33-32(19-31)14-16-36-45(10,17-12-18-46(33,36)11)22-56-43-41(60-29(8)52)40(59-28(7)51)38(35(62-43)21-55-25(4)48)64-44-42(61-30(9)53)39(58-27(6)50)37(57-26(5)49)34(63-44)20-54-24(3)47/h13,15,19,23,34-44H,12,14,16-18,20-22H2,1-11H3/t34-,35-,36+,37-,38-,39+,40+,41-,42-,43-,44-,45+,46-/m1/s1. The molecule has 5 rings (SSSR count). The monoisotopic (exact) mass is 904 g/mol. The molecular weight excluding hydrogens is 840 g/mol. The number of esters is 7. The van der Waals surface area contributed by atoms with E-state index < -0.39 is 122 Å². The highest BCUT2D eigenvalue weighted by Crippen LogP contribution is 2.57. The van der Waals surface area contributed by atoms with E-state index in [0.29, 0.717) is 5.92 Å². The molecule has 64 heavy (non-hydrogen) atoms. The van der Waals surface area contributed by atoms with Gasteiger partial charge in [-0.05, 0) is 65.0 Å². The van der Waals surface area contributed by atoms with Crippen LogP contribution in [-0.4, -0.2) is 123 Å². The summed E-state index contributed by atoms with van der Waals surface area (Å²) in [5.74, 6) is -5.07. The smallest absolute Gasteiger partial charge is 0.303 e. The molecule has 356 valence electrons. The molecule has 2 aliphatic carbocycles. The quantitative estimate of drug-likeness (QED) is 0.175. The minimum Gasteiger partial charge on any atom is -0.463 e. The average Bonchev–Trinajstić information content (AvgIpc) is 3.18. The summed E-state index contributed by atoms with van der Waals surface area (Å²) in [6.07, 6.45) is -10.8. The maximum Gasteiger partial charge on any atom is 0.303 e. The van der Waals surface area contributed by atoms with Crippen molar-refractivity contribution in [2.24, 2.45) is 11.3 Å². The largest absolute Gasteiger partial charge is 0.463 e. The summed E-state index contributed by atoms with van der Waals surface area (Å²) in [5.41, 5.74) is 3.46. The van der Waals surface area contributed by atoms with Crippen molar-refractivity contribution in [1.29, 1.82) is 0 Å². The van der Waals surface area contributed by atoms with Gasteiger partial charge in [-0.3, -0.25) is 33.6 Å². The highest BCUT2D eigenvalue weighted by Gasteiger charge is 2.59. The van der Waals surface area contributed by atoms with Crippen LogP contribution in [0, 0.1) is 11.3 Å². The van der Waals surface area contributed by atoms with Gasteiger partial charge in [-0.15, -0.1) is 0 Å². The zero-order valence-corrected chi connectivity index (χ0v) is 38.7. The first-order valence-electron chi connectivity index (χ1n) is 21.9. The van der Waals surface area contributed by atoms with Crippen molar-refractivity contribution in [3.8, 4) is 0 Å². The Bertz CT molecular complexity index is 1900. The Balaban J connectivity index is 1.53. The summed E-state index contributed by atoms with van der Waals surface area (Å²) in [7, 11) is 0. The molecule has 2 saturated heterocycles. The molecule has 0 N–H and O–H groups in total. The first-order chi connectivity index (χ1) is 30.0. The molecule has 1 saturated carbocycles. The highest BCUT2D eigenvalue weighted by atomic mass is 16.8. The minimum atomic E-state index is -1.79. The lowest BCUT2D eigenvalue weighted by atomic mass is 9.50. The van der Waals surface area contributed by atoms with Crippen molar-refractivity contribution in [3.05, 3.63) is 34.9 Å². The predicted octanol–water partition coefficient (Wildman–Crippen LogP) is 4.46. The summed E-state index contributed by atoms with van der Waals surface area (Å²) in [4.78, 5) is 87.6. The van der Waals surface area contributed by atoms with Gasteiger partial charge in [0.2, 0.25) is 0 Å². The number of fused-ring (bicyclic) bond motifs is 3. The summed E-state index contributed by atoms with van der Waals surface area (Å²) < 4.78 is 64.9. The van der Waals surface area contributed by atoms with Crippen LogP contribution in [-0.2, 0) is 97.5 Å². The molecule has 0 unspecified atom stereocenters. The number of aryl methyl sites for hydroxylation is 1. The van der Waals surface area contributed by atoms with Gasteiger partial charge in [0.05, 0.1) is 6.61 Å². The molecule has 18 nitrogen and oxygen atoms in total. The normalized spacial score (nSPS) is 33.3. The summed E-state index contributed by atoms with van der Waals surface area (Å²) in [5, 5.41) is 0. The maximum absolute atomic E-state index is 13.0. The van der Waals surface area contributed by atoms with Crippen molar-refractivity contribution >= 4 is 41.8 Å². The minimum absolute atomic E-state index is 0.146. The second-order valence-corrected chi connectivity index (χ2v) is 18.1. The number of benzene rings is 1. The first kappa shape index (κ1) is 50.4. The number of hydrogen-bond donors (Lipinski definition) is 0. The molecule has 1 aromatic carbocycles. The van der Waals surface area contributed by atoms with Crippen LogP contribution in [0.4, 0.5) is 0 Å². The number of carbonyl (C=O) groups excluding carboxylic acids is 7. The fraction of sp³-hybridized carbons (Fsp3) is 0.717. The van der Waals surface area contributed by atoms with Crippen molar-refractivity contribution in [1.82, 2.24) is 0 Å². The number of hydrogen-bond acceptors (Lipinski definition) is 18. The highest BCUT2D eigenvalue weighted by molar-refractivity contribution is 5.69. The van der Waals surface area contributed by atoms with Crippen LogP contribution in [0.15, 0.2) is 18.2 Å². The Morgan fingerprint density at radius 1 is 0.625 bits per heavy atom. The van der Waals surface area contributed by atoms with Crippen molar-refractivity contribution in [3.63, 3.8) is 0 Å². The third-order valence-corrected chi connectivity index (χ3v) is 12.6. The number of carbonyl (C=O) groups is 7. The van der Waals surface area contributed by atoms with E-state index in [0.717, 1.165) is 73.6 Å². The fourth-order valence-electron chi connectivity index (χ4n) is 10.1. The molecule has 2 heterocycles. The van der Waals surface area contributed by atoms with Crippen LogP contribution in [0.25, 0.3) is 0 Å². The summed E-state index contributed by atoms with van der Waals surface area (Å²) in [6, 6.07) is 6.83. The topological polar surface area (TPSA) is 221 Å². The molecule has 18 heteroatoms. The van der Waals surface area contributed by atoms with Gasteiger partial charge >= 0.3 is 41.8 Å². The Morgan fingerprint density at radius 3 is 1.64 bits per heavy atom. The molecule has 3 fully saturated rings. The molecule has 2 aliphatic heterocycles. The van der Waals surface area contributed by atoms with Crippen molar-refractivity contribution in [2.45, 2.75) is 181 Å². The zero-order valence-electron chi connectivity index (χ0n) is 38.7. The predicted molar refractivity (Wildman–Crippen MR) is 221 cm³/mol. The van der Waals surface area contributed by atoms with E-state index in [1.165, 1.54) is 23.6 Å². The van der Waals surface area contributed by atoms with Gasteiger partial charge in [0.25, 0.3) is 0 Å². The van der Waals surface area contributed by atoms with Gasteiger partial charge in [-0.1, -0.05) is 52.3 Å². The van der Waals surface area contributed by atoms with Crippen LogP contribution in [0.3, 0.4) is 0 Å². The van der Waals surface area contributed by atoms with E-state index >= 15 is 0 Å². The lowest BCUT2D eigenvalue weighted by Gasteiger charge is -2.56. The van der Waals surface area contributed by atoms with Crippen molar-refractivity contribution in [2.75, 3.05) is 19.8 Å². The lowest BCUT2D eigenvalue weighted by molar-refractivity contribution is -0.363. The van der Waals surface area contributed by atoms with Gasteiger partial charge in [-0.2, -0.15) is 0 Å². The van der Waals surface area contributed by atoms with E-state index in [4.69, 9.17) is 52.1 Å². The van der Waals surface area contributed by atoms with Crippen LogP contribution < -0.4 is 0 Å². The number of rotatable bonds is 15. The SMILES string of the molecule is CC(=O)OC[C@H]1O[C@H](O[C@H]2[C@H](OC(C)=O)[C@@H](OC(C)=O)[C@H](OC[C@]3(C)CCC[C@]4(C)c5ccc(C(C)C)cc5CC[C@@H]34)O[C@@H]2COC(C)=O)[C@H](OC(C)=O)[C@@H](OC(C)=O)[C@@H]1OC(C)=O. The summed E-state index contributed by atoms with van der Waals surface area (Å²) in [6.45, 7) is 15.7. The zero-order chi connectivity index (χ0) is 47.3. The molecule has 0 bridgehead atoms. The van der Waals surface area contributed by atoms with E-state index in [2.05, 4.69) is 45.9 Å². The second-order valence-electron chi connectivity index (χ2n) is 18.1. The molecule has 0 aromatic heterocycles. The van der Waals surface area contributed by atoms with Crippen LogP contribution in [0.1, 0.15) is 124 Å². The Hall–Kier alpha value is -4.65. The average molecular weight is 905 g/mol. The van der Waals surface area contributed by atoms with Gasteiger partial charge in [0.15, 0.2) is 43.1 Å². The van der Waals surface area contributed by atoms with Crippen LogP contribution in [0.2, 0.25) is 0 Å². The first-order valence-corrected chi connectivity index (χ1v) is 21.9. The summed E-state index contributed by atoms with van der Waals surface area (Å²) >= 11 is 0. The third kappa shape index (κ3) is 12.0. The van der Waals surface area contributed by atoms with Crippen LogP contribution >= 0.6 is 0 Å². The second kappa shape index (κ2) is 21.1.